The summed E-state index contributed by atoms with van der Waals surface area (Å²) >= 11 is 0. The summed E-state index contributed by atoms with van der Waals surface area (Å²) in [6.07, 6.45) is 0.215. The molecular weight excluding hydrogens is 234 g/mol. The molecule has 0 amide bonds. The quantitative estimate of drug-likeness (QED) is 0.681. The molecule has 0 bridgehead atoms. The molecule has 1 heterocycles. The van der Waals surface area contributed by atoms with Crippen molar-refractivity contribution in [3.8, 4) is 0 Å². The number of nitrogens with one attached hydrogen (secondary N) is 1. The molecule has 5 heteroatoms. The van der Waals surface area contributed by atoms with Gasteiger partial charge in [-0.25, -0.2) is 4.79 Å². The predicted octanol–water partition coefficient (Wildman–Crippen LogP) is -0.371. The number of likely N-dealkylation sites (tertiary alicyclic amines) is 1. The minimum absolute atomic E-state index is 0.215. The Morgan fingerprint density at radius 2 is 1.83 bits per heavy atom. The first-order valence-electron chi connectivity index (χ1n) is 5.92. The molecule has 0 spiro atoms. The first kappa shape index (κ1) is 12.6. The molecule has 0 saturated carbocycles. The number of carboxylic acids is 2. The van der Waals surface area contributed by atoms with Crippen molar-refractivity contribution in [1.29, 1.82) is 0 Å². The number of hydrogen-bond donors (Lipinski definition) is 3. The second-order valence-electron chi connectivity index (χ2n) is 4.69. The highest BCUT2D eigenvalue weighted by molar-refractivity contribution is 5.76. The largest absolute Gasteiger partial charge is 0.481 e. The molecule has 96 valence electrons. The molecule has 0 aromatic heterocycles. The highest BCUT2D eigenvalue weighted by atomic mass is 16.4. The van der Waals surface area contributed by atoms with Crippen molar-refractivity contribution < 1.29 is 24.7 Å². The van der Waals surface area contributed by atoms with Crippen molar-refractivity contribution in [3.63, 3.8) is 0 Å². The van der Waals surface area contributed by atoms with E-state index in [9.17, 15) is 9.59 Å². The standard InChI is InChI=1S/C13H15NO4/c15-12(16)10-6-11(13(17)18)14(8-10)7-9-4-2-1-3-5-9/h1-5,10-11H,6-8H2,(H,15,16)(H,17,18)/p+1/t10-,11+/m1/s1. The minimum Gasteiger partial charge on any atom is -0.481 e. The molecule has 3 atom stereocenters. The molecule has 1 fully saturated rings. The first-order valence-corrected chi connectivity index (χ1v) is 5.92. The maximum atomic E-state index is 11.2. The van der Waals surface area contributed by atoms with Gasteiger partial charge < -0.3 is 15.1 Å². The Morgan fingerprint density at radius 3 is 2.39 bits per heavy atom. The van der Waals surface area contributed by atoms with E-state index < -0.39 is 23.9 Å². The van der Waals surface area contributed by atoms with Gasteiger partial charge in [0, 0.05) is 12.0 Å². The molecular formula is C13H16NO4+. The molecule has 1 aliphatic rings. The number of benzene rings is 1. The van der Waals surface area contributed by atoms with Crippen molar-refractivity contribution in [2.24, 2.45) is 5.92 Å². The van der Waals surface area contributed by atoms with Gasteiger partial charge in [-0.05, 0) is 0 Å². The fraction of sp³-hybridized carbons (Fsp3) is 0.385. The third-order valence-electron chi connectivity index (χ3n) is 3.44. The van der Waals surface area contributed by atoms with E-state index in [0.29, 0.717) is 13.1 Å². The molecule has 2 rings (SSSR count). The lowest BCUT2D eigenvalue weighted by Crippen LogP contribution is -3.13. The Bertz CT molecular complexity index is 446. The zero-order valence-electron chi connectivity index (χ0n) is 9.87. The van der Waals surface area contributed by atoms with Gasteiger partial charge >= 0.3 is 11.9 Å². The van der Waals surface area contributed by atoms with E-state index in [1.54, 1.807) is 0 Å². The van der Waals surface area contributed by atoms with Crippen molar-refractivity contribution in [3.05, 3.63) is 35.9 Å². The van der Waals surface area contributed by atoms with E-state index in [-0.39, 0.29) is 6.42 Å². The van der Waals surface area contributed by atoms with Gasteiger partial charge in [0.05, 0.1) is 6.54 Å². The number of aliphatic carboxylic acids is 2. The van der Waals surface area contributed by atoms with Crippen LogP contribution in [0.15, 0.2) is 30.3 Å². The molecule has 3 N–H and O–H groups in total. The molecule has 18 heavy (non-hydrogen) atoms. The summed E-state index contributed by atoms with van der Waals surface area (Å²) in [6, 6.07) is 8.94. The Labute approximate surface area is 105 Å². The SMILES string of the molecule is O=C(O)[C@@H]1C[C@@H](C(=O)O)[NH+](Cc2ccccc2)C1. The molecule has 0 radical (unpaired) electrons. The number of quaternary nitrogens is 1. The van der Waals surface area contributed by atoms with Crippen LogP contribution in [0.2, 0.25) is 0 Å². The molecule has 1 unspecified atom stereocenters. The van der Waals surface area contributed by atoms with E-state index in [2.05, 4.69) is 0 Å². The molecule has 0 aliphatic carbocycles. The monoisotopic (exact) mass is 250 g/mol. The highest BCUT2D eigenvalue weighted by Crippen LogP contribution is 2.11. The predicted molar refractivity (Wildman–Crippen MR) is 63.1 cm³/mol. The van der Waals surface area contributed by atoms with Crippen LogP contribution < -0.4 is 4.90 Å². The Balaban J connectivity index is 2.10. The fourth-order valence-corrected chi connectivity index (χ4v) is 2.51. The van der Waals surface area contributed by atoms with Crippen LogP contribution in [0.5, 0.6) is 0 Å². The molecule has 1 aromatic carbocycles. The van der Waals surface area contributed by atoms with E-state index in [1.807, 2.05) is 30.3 Å². The Hall–Kier alpha value is -1.88. The van der Waals surface area contributed by atoms with Gasteiger partial charge in [0.2, 0.25) is 0 Å². The van der Waals surface area contributed by atoms with Gasteiger partial charge in [0.1, 0.15) is 12.5 Å². The van der Waals surface area contributed by atoms with Crippen molar-refractivity contribution in [1.82, 2.24) is 0 Å². The summed E-state index contributed by atoms with van der Waals surface area (Å²) in [5, 5.41) is 18.1. The highest BCUT2D eigenvalue weighted by Gasteiger charge is 2.43. The number of rotatable bonds is 4. The van der Waals surface area contributed by atoms with Crippen LogP contribution >= 0.6 is 0 Å². The maximum absolute atomic E-state index is 11.2. The average Bonchev–Trinajstić information content (AvgIpc) is 2.74. The minimum atomic E-state index is -0.912. The van der Waals surface area contributed by atoms with Crippen LogP contribution in [0.3, 0.4) is 0 Å². The third kappa shape index (κ3) is 2.68. The summed E-state index contributed by atoms with van der Waals surface area (Å²) in [5.41, 5.74) is 1.03. The normalized spacial score (nSPS) is 27.0. The van der Waals surface area contributed by atoms with Crippen LogP contribution in [0.25, 0.3) is 0 Å². The van der Waals surface area contributed by atoms with Gasteiger partial charge in [-0.1, -0.05) is 30.3 Å². The lowest BCUT2D eigenvalue weighted by Gasteiger charge is -2.17. The van der Waals surface area contributed by atoms with Gasteiger partial charge in [-0.3, -0.25) is 4.79 Å². The lowest BCUT2D eigenvalue weighted by atomic mass is 10.1. The summed E-state index contributed by atoms with van der Waals surface area (Å²) in [4.78, 5) is 22.9. The summed E-state index contributed by atoms with van der Waals surface area (Å²) < 4.78 is 0. The smallest absolute Gasteiger partial charge is 0.362 e. The maximum Gasteiger partial charge on any atom is 0.362 e. The number of carboxylic acid groups (broad SMARTS) is 2. The topological polar surface area (TPSA) is 79.0 Å². The summed E-state index contributed by atoms with van der Waals surface area (Å²) in [5.74, 6) is -2.36. The average molecular weight is 250 g/mol. The molecule has 1 aromatic rings. The van der Waals surface area contributed by atoms with Crippen molar-refractivity contribution in [2.75, 3.05) is 6.54 Å². The summed E-state index contributed by atoms with van der Waals surface area (Å²) in [7, 11) is 0. The van der Waals surface area contributed by atoms with Crippen LogP contribution in [-0.4, -0.2) is 34.7 Å². The molecule has 5 nitrogen and oxygen atoms in total. The van der Waals surface area contributed by atoms with E-state index in [4.69, 9.17) is 10.2 Å². The third-order valence-corrected chi connectivity index (χ3v) is 3.44. The van der Waals surface area contributed by atoms with E-state index in [1.165, 1.54) is 0 Å². The Morgan fingerprint density at radius 1 is 1.17 bits per heavy atom. The van der Waals surface area contributed by atoms with Crippen LogP contribution in [0, 0.1) is 5.92 Å². The van der Waals surface area contributed by atoms with Crippen molar-refractivity contribution in [2.45, 2.75) is 19.0 Å². The molecule has 1 saturated heterocycles. The molecule has 1 aliphatic heterocycles. The van der Waals surface area contributed by atoms with Gasteiger partial charge in [-0.2, -0.15) is 0 Å². The van der Waals surface area contributed by atoms with Crippen LogP contribution in [-0.2, 0) is 16.1 Å². The summed E-state index contributed by atoms with van der Waals surface area (Å²) in [6.45, 7) is 0.933. The fourth-order valence-electron chi connectivity index (χ4n) is 2.51. The van der Waals surface area contributed by atoms with Crippen molar-refractivity contribution >= 4 is 11.9 Å². The second kappa shape index (κ2) is 5.18. The van der Waals surface area contributed by atoms with Gasteiger partial charge in [0.25, 0.3) is 0 Å². The zero-order valence-corrected chi connectivity index (χ0v) is 9.87. The van der Waals surface area contributed by atoms with Gasteiger partial charge in [-0.15, -0.1) is 0 Å². The first-order chi connectivity index (χ1) is 8.58. The number of carbonyl (C=O) groups is 2. The second-order valence-corrected chi connectivity index (χ2v) is 4.69. The van der Waals surface area contributed by atoms with E-state index >= 15 is 0 Å². The zero-order chi connectivity index (χ0) is 13.1. The van der Waals surface area contributed by atoms with Crippen LogP contribution in [0.1, 0.15) is 12.0 Å². The Kier molecular flexibility index (Phi) is 3.62. The lowest BCUT2D eigenvalue weighted by molar-refractivity contribution is -0.918. The van der Waals surface area contributed by atoms with Gasteiger partial charge in [0.15, 0.2) is 6.04 Å². The van der Waals surface area contributed by atoms with Crippen LogP contribution in [0.4, 0.5) is 0 Å². The number of hydrogen-bond acceptors (Lipinski definition) is 2. The van der Waals surface area contributed by atoms with E-state index in [0.717, 1.165) is 10.5 Å².